The molecule has 1 fully saturated rings. The molecule has 0 radical (unpaired) electrons. The van der Waals surface area contributed by atoms with Crippen LogP contribution in [0.3, 0.4) is 0 Å². The summed E-state index contributed by atoms with van der Waals surface area (Å²) in [6.07, 6.45) is 1.15. The Labute approximate surface area is 147 Å². The van der Waals surface area contributed by atoms with Gasteiger partial charge in [0.05, 0.1) is 15.7 Å². The third-order valence-electron chi connectivity index (χ3n) is 4.34. The molecule has 2 N–H and O–H groups in total. The lowest BCUT2D eigenvalue weighted by molar-refractivity contribution is -0.103. The van der Waals surface area contributed by atoms with E-state index in [0.29, 0.717) is 17.1 Å². The SMILES string of the molecule is Nc1cc(Cl)c(Oc2ccc3c(c2)C2(C=N3)CC(F)(F)C2)c(Cl)c1. The van der Waals surface area contributed by atoms with E-state index in [0.717, 1.165) is 5.56 Å². The van der Waals surface area contributed by atoms with Gasteiger partial charge in [-0.1, -0.05) is 23.2 Å². The number of fused-ring (bicyclic) bond motifs is 2. The fourth-order valence-electron chi connectivity index (χ4n) is 3.30. The van der Waals surface area contributed by atoms with Crippen LogP contribution in [-0.4, -0.2) is 12.1 Å². The molecule has 124 valence electrons. The molecule has 24 heavy (non-hydrogen) atoms. The van der Waals surface area contributed by atoms with E-state index in [9.17, 15) is 8.78 Å². The molecule has 1 aliphatic carbocycles. The number of anilines is 1. The van der Waals surface area contributed by atoms with Gasteiger partial charge in [-0.05, 0) is 35.9 Å². The standard InChI is InChI=1S/C17H12Cl2F2N2O/c18-12-3-9(22)4-13(19)15(12)24-10-1-2-14-11(5-10)16(8-23-14)6-17(20,21)7-16/h1-5,8H,6-7,22H2. The zero-order chi connectivity index (χ0) is 17.1. The summed E-state index contributed by atoms with van der Waals surface area (Å²) in [7, 11) is 0. The Morgan fingerprint density at radius 1 is 1.08 bits per heavy atom. The predicted molar refractivity (Wildman–Crippen MR) is 91.4 cm³/mol. The largest absolute Gasteiger partial charge is 0.454 e. The first kappa shape index (κ1) is 15.7. The average Bonchev–Trinajstić information content (AvgIpc) is 2.80. The average molecular weight is 369 g/mol. The van der Waals surface area contributed by atoms with Crippen LogP contribution < -0.4 is 10.5 Å². The van der Waals surface area contributed by atoms with Gasteiger partial charge in [0.2, 0.25) is 0 Å². The van der Waals surface area contributed by atoms with Crippen molar-refractivity contribution >= 4 is 40.8 Å². The highest BCUT2D eigenvalue weighted by Crippen LogP contribution is 2.57. The van der Waals surface area contributed by atoms with Crippen molar-refractivity contribution in [1.82, 2.24) is 0 Å². The summed E-state index contributed by atoms with van der Waals surface area (Å²) in [6.45, 7) is 0. The van der Waals surface area contributed by atoms with Gasteiger partial charge in [-0.15, -0.1) is 0 Å². The molecule has 1 saturated carbocycles. The van der Waals surface area contributed by atoms with Gasteiger partial charge in [0.1, 0.15) is 5.75 Å². The van der Waals surface area contributed by atoms with Gasteiger partial charge < -0.3 is 10.5 Å². The number of hydrogen-bond acceptors (Lipinski definition) is 3. The Balaban J connectivity index is 1.67. The van der Waals surface area contributed by atoms with Gasteiger partial charge in [-0.2, -0.15) is 0 Å². The Morgan fingerprint density at radius 3 is 2.38 bits per heavy atom. The van der Waals surface area contributed by atoms with Crippen molar-refractivity contribution < 1.29 is 13.5 Å². The third kappa shape index (κ3) is 2.43. The summed E-state index contributed by atoms with van der Waals surface area (Å²) in [5.41, 5.74) is 6.83. The number of ether oxygens (including phenoxy) is 1. The van der Waals surface area contributed by atoms with Gasteiger partial charge in [-0.3, -0.25) is 4.99 Å². The minimum Gasteiger partial charge on any atom is -0.454 e. The van der Waals surface area contributed by atoms with Crippen LogP contribution in [0.4, 0.5) is 20.2 Å². The van der Waals surface area contributed by atoms with Crippen molar-refractivity contribution in [3.8, 4) is 11.5 Å². The zero-order valence-corrected chi connectivity index (χ0v) is 13.8. The fourth-order valence-corrected chi connectivity index (χ4v) is 3.88. The smallest absolute Gasteiger partial charge is 0.250 e. The number of benzene rings is 2. The van der Waals surface area contributed by atoms with E-state index >= 15 is 0 Å². The highest BCUT2D eigenvalue weighted by Gasteiger charge is 2.58. The molecule has 3 nitrogen and oxygen atoms in total. The molecule has 0 saturated heterocycles. The van der Waals surface area contributed by atoms with E-state index in [1.54, 1.807) is 24.4 Å². The number of rotatable bonds is 2. The van der Waals surface area contributed by atoms with Crippen molar-refractivity contribution in [2.75, 3.05) is 5.73 Å². The Kier molecular flexibility index (Phi) is 3.31. The quantitative estimate of drug-likeness (QED) is 0.685. The predicted octanol–water partition coefficient (Wildman–Crippen LogP) is 5.75. The Bertz CT molecular complexity index is 852. The van der Waals surface area contributed by atoms with Gasteiger partial charge in [0.15, 0.2) is 5.75 Å². The maximum absolute atomic E-state index is 13.4. The van der Waals surface area contributed by atoms with E-state index in [2.05, 4.69) is 4.99 Å². The number of nitrogens with zero attached hydrogens (tertiary/aromatic N) is 1. The van der Waals surface area contributed by atoms with E-state index in [4.69, 9.17) is 33.7 Å². The maximum atomic E-state index is 13.4. The van der Waals surface area contributed by atoms with Gasteiger partial charge in [-0.25, -0.2) is 8.78 Å². The molecule has 0 unspecified atom stereocenters. The fraction of sp³-hybridized carbons (Fsp3) is 0.235. The molecule has 2 aromatic rings. The molecule has 1 heterocycles. The summed E-state index contributed by atoms with van der Waals surface area (Å²) < 4.78 is 32.5. The molecular formula is C17H12Cl2F2N2O. The summed E-state index contributed by atoms with van der Waals surface area (Å²) in [6, 6.07) is 8.24. The molecule has 4 rings (SSSR count). The topological polar surface area (TPSA) is 47.6 Å². The van der Waals surface area contributed by atoms with Crippen LogP contribution in [0.5, 0.6) is 11.5 Å². The summed E-state index contributed by atoms with van der Waals surface area (Å²) in [5.74, 6) is -1.91. The molecule has 2 aromatic carbocycles. The monoisotopic (exact) mass is 368 g/mol. The van der Waals surface area contributed by atoms with Crippen LogP contribution in [0.1, 0.15) is 18.4 Å². The lowest BCUT2D eigenvalue weighted by atomic mass is 9.63. The first-order valence-electron chi connectivity index (χ1n) is 7.28. The van der Waals surface area contributed by atoms with Gasteiger partial charge >= 0.3 is 0 Å². The summed E-state index contributed by atoms with van der Waals surface area (Å²) in [5, 5.41) is 0.559. The van der Waals surface area contributed by atoms with Crippen LogP contribution in [0.25, 0.3) is 0 Å². The number of hydrogen-bond donors (Lipinski definition) is 1. The van der Waals surface area contributed by atoms with E-state index in [1.165, 1.54) is 12.1 Å². The number of aliphatic imine (C=N–C) groups is 1. The lowest BCUT2D eigenvalue weighted by Gasteiger charge is -2.43. The van der Waals surface area contributed by atoms with E-state index in [1.807, 2.05) is 0 Å². The molecule has 1 aliphatic heterocycles. The van der Waals surface area contributed by atoms with Crippen molar-refractivity contribution in [3.05, 3.63) is 45.9 Å². The minimum absolute atomic E-state index is 0.233. The summed E-state index contributed by atoms with van der Waals surface area (Å²) in [4.78, 5) is 4.25. The maximum Gasteiger partial charge on any atom is 0.250 e. The minimum atomic E-state index is -2.64. The second-order valence-corrected chi connectivity index (χ2v) is 7.03. The van der Waals surface area contributed by atoms with E-state index < -0.39 is 11.3 Å². The van der Waals surface area contributed by atoms with Crippen LogP contribution in [0.2, 0.25) is 10.0 Å². The highest BCUT2D eigenvalue weighted by molar-refractivity contribution is 6.37. The van der Waals surface area contributed by atoms with Gasteiger partial charge in [0.25, 0.3) is 5.92 Å². The van der Waals surface area contributed by atoms with Crippen LogP contribution >= 0.6 is 23.2 Å². The normalized spacial score (nSPS) is 19.2. The molecule has 0 bridgehead atoms. The van der Waals surface area contributed by atoms with Crippen molar-refractivity contribution in [2.45, 2.75) is 24.2 Å². The highest BCUT2D eigenvalue weighted by atomic mass is 35.5. The molecule has 0 atom stereocenters. The Hall–Kier alpha value is -1.85. The second kappa shape index (κ2) is 5.07. The molecule has 2 aliphatic rings. The van der Waals surface area contributed by atoms with Crippen LogP contribution in [-0.2, 0) is 5.41 Å². The number of halogens is 4. The number of nitrogens with two attached hydrogens (primary N) is 1. The third-order valence-corrected chi connectivity index (χ3v) is 4.91. The summed E-state index contributed by atoms with van der Waals surface area (Å²) >= 11 is 12.2. The lowest BCUT2D eigenvalue weighted by Crippen LogP contribution is -2.49. The van der Waals surface area contributed by atoms with Crippen LogP contribution in [0.15, 0.2) is 35.3 Å². The first-order valence-corrected chi connectivity index (χ1v) is 8.04. The number of nitrogen functional groups attached to an aromatic ring is 1. The zero-order valence-electron chi connectivity index (χ0n) is 12.3. The molecule has 7 heteroatoms. The first-order chi connectivity index (χ1) is 11.3. The number of alkyl halides is 2. The van der Waals surface area contributed by atoms with Crippen molar-refractivity contribution in [2.24, 2.45) is 4.99 Å². The molecule has 0 aromatic heterocycles. The second-order valence-electron chi connectivity index (χ2n) is 6.22. The van der Waals surface area contributed by atoms with Crippen LogP contribution in [0, 0.1) is 0 Å². The molecule has 1 spiro atoms. The van der Waals surface area contributed by atoms with E-state index in [-0.39, 0.29) is 28.6 Å². The Morgan fingerprint density at radius 2 is 1.75 bits per heavy atom. The molecule has 0 amide bonds. The van der Waals surface area contributed by atoms with Crippen molar-refractivity contribution in [3.63, 3.8) is 0 Å². The molecular weight excluding hydrogens is 357 g/mol. The van der Waals surface area contributed by atoms with Crippen molar-refractivity contribution in [1.29, 1.82) is 0 Å². The van der Waals surface area contributed by atoms with Gasteiger partial charge in [0, 0.05) is 30.2 Å².